The molecule has 2 saturated carbocycles. The zero-order chi connectivity index (χ0) is 42.9. The highest BCUT2D eigenvalue weighted by atomic mass is 16.3. The summed E-state index contributed by atoms with van der Waals surface area (Å²) < 4.78 is 0. The maximum atomic E-state index is 14.3. The van der Waals surface area contributed by atoms with Crippen molar-refractivity contribution < 1.29 is 38.7 Å². The molecule has 324 valence electrons. The lowest BCUT2D eigenvalue weighted by molar-refractivity contribution is -0.133. The number of amides is 5. The Labute approximate surface area is 353 Å². The molecular formula is C47H63N5O8. The molecule has 5 rings (SSSR count). The Hall–Kier alpha value is -5.17. The molecule has 5 atom stereocenters. The summed E-state index contributed by atoms with van der Waals surface area (Å²) >= 11 is 0. The summed E-state index contributed by atoms with van der Waals surface area (Å²) in [7, 11) is 0. The molecule has 13 heteroatoms. The van der Waals surface area contributed by atoms with E-state index >= 15 is 0 Å². The van der Waals surface area contributed by atoms with Gasteiger partial charge in [0, 0.05) is 36.6 Å². The van der Waals surface area contributed by atoms with Gasteiger partial charge in [-0.2, -0.15) is 0 Å². The molecule has 0 bridgehead atoms. The average Bonchev–Trinajstić information content (AvgIpc) is 3.25. The molecule has 3 aliphatic rings. The van der Waals surface area contributed by atoms with Crippen LogP contribution in [0.25, 0.3) is 0 Å². The van der Waals surface area contributed by atoms with Crippen molar-refractivity contribution in [1.82, 2.24) is 21.3 Å². The van der Waals surface area contributed by atoms with Crippen LogP contribution < -0.4 is 27.0 Å². The van der Waals surface area contributed by atoms with E-state index in [0.717, 1.165) is 76.4 Å². The lowest BCUT2D eigenvalue weighted by Crippen LogP contribution is -2.55. The first-order valence-electron chi connectivity index (χ1n) is 22.0. The SMILES string of the molecule is NC(=O)[C@H]1CCCCNC(=O)C(Cc2ccc(C(=O)c3ccccc3)cc2)NC(=O)[C@H](CC2CCCCC2)NC(=O)C[C@H](O)[C@H](CC2CCCCC2)CC(=O)C=CC(=O)N1. The summed E-state index contributed by atoms with van der Waals surface area (Å²) in [5.74, 6) is -3.53. The number of carbonyl (C=O) groups is 7. The zero-order valence-electron chi connectivity index (χ0n) is 34.7. The van der Waals surface area contributed by atoms with Crippen LogP contribution in [0, 0.1) is 17.8 Å². The third-order valence-corrected chi connectivity index (χ3v) is 12.3. The number of benzene rings is 2. The first-order chi connectivity index (χ1) is 28.9. The molecule has 2 fully saturated rings. The summed E-state index contributed by atoms with van der Waals surface area (Å²) in [5, 5.41) is 22.8. The Morgan fingerprint density at radius 1 is 0.633 bits per heavy atom. The number of hydrogen-bond donors (Lipinski definition) is 6. The standard InChI is InChI=1S/C47H63N5O8/c48-45(58)38-18-10-11-25-49-46(59)39(28-33-19-21-35(22-20-33)44(57)34-16-8-3-9-17-34)52-47(60)40(27-32-14-6-2-7-15-32)51-43(56)30-41(54)36(26-31-12-4-1-5-13-31)29-37(53)23-24-42(55)50-38/h3,8-9,16-17,19-24,31-32,36,38-41,54H,1-2,4-7,10-15,18,25-30H2,(H2,48,58)(H,49,59)(H,50,55)(H,51,56)(H,52,60)/t36-,38-,39?,40+,41+/m1/s1. The predicted octanol–water partition coefficient (Wildman–Crippen LogP) is 4.52. The lowest BCUT2D eigenvalue weighted by Gasteiger charge is -2.30. The second-order valence-electron chi connectivity index (χ2n) is 17.0. The number of nitrogens with two attached hydrogens (primary N) is 1. The number of allylic oxidation sites excluding steroid dienone is 1. The van der Waals surface area contributed by atoms with Crippen molar-refractivity contribution in [3.05, 3.63) is 83.4 Å². The predicted molar refractivity (Wildman–Crippen MR) is 227 cm³/mol. The highest BCUT2D eigenvalue weighted by molar-refractivity contribution is 6.09. The van der Waals surface area contributed by atoms with E-state index in [-0.39, 0.29) is 49.8 Å². The Bertz CT molecular complexity index is 1800. The molecular weight excluding hydrogens is 763 g/mol. The Balaban J connectivity index is 1.39. The summed E-state index contributed by atoms with van der Waals surface area (Å²) in [4.78, 5) is 93.2. The second kappa shape index (κ2) is 23.6. The van der Waals surface area contributed by atoms with E-state index in [9.17, 15) is 38.7 Å². The van der Waals surface area contributed by atoms with E-state index < -0.39 is 65.5 Å². The maximum Gasteiger partial charge on any atom is 0.244 e. The van der Waals surface area contributed by atoms with E-state index in [1.807, 2.05) is 6.07 Å². The van der Waals surface area contributed by atoms with E-state index in [2.05, 4.69) is 21.3 Å². The average molecular weight is 826 g/mol. The fourth-order valence-corrected chi connectivity index (χ4v) is 8.90. The fourth-order valence-electron chi connectivity index (χ4n) is 8.90. The van der Waals surface area contributed by atoms with Crippen LogP contribution in [-0.2, 0) is 35.2 Å². The number of aliphatic hydroxyl groups is 1. The number of ketones is 2. The minimum Gasteiger partial charge on any atom is -0.392 e. The van der Waals surface area contributed by atoms with Gasteiger partial charge in [-0.25, -0.2) is 0 Å². The Kier molecular flexibility index (Phi) is 18.0. The molecule has 2 aromatic carbocycles. The number of aliphatic hydroxyl groups excluding tert-OH is 1. The van der Waals surface area contributed by atoms with Crippen LogP contribution in [0.15, 0.2) is 66.7 Å². The molecule has 1 heterocycles. The van der Waals surface area contributed by atoms with Crippen molar-refractivity contribution in [2.75, 3.05) is 6.54 Å². The van der Waals surface area contributed by atoms with E-state index in [1.165, 1.54) is 0 Å². The number of primary amides is 1. The molecule has 13 nitrogen and oxygen atoms in total. The van der Waals surface area contributed by atoms with E-state index in [1.54, 1.807) is 48.5 Å². The molecule has 0 saturated heterocycles. The number of nitrogens with one attached hydrogen (secondary N) is 4. The van der Waals surface area contributed by atoms with Crippen LogP contribution in [0.3, 0.4) is 0 Å². The molecule has 0 spiro atoms. The molecule has 0 aromatic heterocycles. The van der Waals surface area contributed by atoms with Crippen LogP contribution in [0.1, 0.15) is 131 Å². The quantitative estimate of drug-likeness (QED) is 0.197. The van der Waals surface area contributed by atoms with Crippen LogP contribution in [-0.4, -0.2) is 77.0 Å². The van der Waals surface area contributed by atoms with E-state index in [0.29, 0.717) is 42.4 Å². The van der Waals surface area contributed by atoms with Crippen molar-refractivity contribution in [1.29, 1.82) is 0 Å². The molecule has 2 aliphatic carbocycles. The van der Waals surface area contributed by atoms with Crippen molar-refractivity contribution in [2.24, 2.45) is 23.5 Å². The number of rotatable bonds is 9. The van der Waals surface area contributed by atoms with Crippen molar-refractivity contribution in [2.45, 2.75) is 140 Å². The highest BCUT2D eigenvalue weighted by Gasteiger charge is 2.33. The zero-order valence-corrected chi connectivity index (χ0v) is 34.7. The summed E-state index contributed by atoms with van der Waals surface area (Å²) in [6, 6.07) is 12.8. The molecule has 7 N–H and O–H groups in total. The van der Waals surface area contributed by atoms with Gasteiger partial charge in [-0.05, 0) is 61.5 Å². The first kappa shape index (κ1) is 45.9. The van der Waals surface area contributed by atoms with Crippen LogP contribution in [0.4, 0.5) is 0 Å². The van der Waals surface area contributed by atoms with E-state index in [4.69, 9.17) is 5.73 Å². The van der Waals surface area contributed by atoms with Gasteiger partial charge < -0.3 is 32.1 Å². The van der Waals surface area contributed by atoms with Gasteiger partial charge in [0.2, 0.25) is 29.5 Å². The van der Waals surface area contributed by atoms with Gasteiger partial charge in [0.15, 0.2) is 11.6 Å². The van der Waals surface area contributed by atoms with Gasteiger partial charge >= 0.3 is 0 Å². The summed E-state index contributed by atoms with van der Waals surface area (Å²) in [6.07, 6.45) is 12.8. The van der Waals surface area contributed by atoms with Crippen molar-refractivity contribution >= 4 is 41.1 Å². The van der Waals surface area contributed by atoms with Crippen LogP contribution in [0.2, 0.25) is 0 Å². The largest absolute Gasteiger partial charge is 0.392 e. The number of carbonyl (C=O) groups excluding carboxylic acids is 7. The Morgan fingerprint density at radius 3 is 1.90 bits per heavy atom. The summed E-state index contributed by atoms with van der Waals surface area (Å²) in [5.41, 5.74) is 7.31. The first-order valence-corrected chi connectivity index (χ1v) is 22.0. The molecule has 60 heavy (non-hydrogen) atoms. The lowest BCUT2D eigenvalue weighted by atomic mass is 9.79. The molecule has 2 aromatic rings. The third-order valence-electron chi connectivity index (χ3n) is 12.3. The Morgan fingerprint density at radius 2 is 1.25 bits per heavy atom. The molecule has 5 amide bonds. The second-order valence-corrected chi connectivity index (χ2v) is 17.0. The fraction of sp³-hybridized carbons (Fsp3) is 0.553. The van der Waals surface area contributed by atoms with Crippen LogP contribution >= 0.6 is 0 Å². The molecule has 1 unspecified atom stereocenters. The molecule has 1 aliphatic heterocycles. The van der Waals surface area contributed by atoms with Gasteiger partial charge in [0.05, 0.1) is 12.5 Å². The topological polar surface area (TPSA) is 214 Å². The minimum absolute atomic E-state index is 0.0852. The van der Waals surface area contributed by atoms with Crippen molar-refractivity contribution in [3.8, 4) is 0 Å². The maximum absolute atomic E-state index is 14.3. The van der Waals surface area contributed by atoms with Crippen LogP contribution in [0.5, 0.6) is 0 Å². The third kappa shape index (κ3) is 14.8. The van der Waals surface area contributed by atoms with Gasteiger partial charge in [0.1, 0.15) is 18.1 Å². The molecule has 0 radical (unpaired) electrons. The normalized spacial score (nSPS) is 25.4. The van der Waals surface area contributed by atoms with Gasteiger partial charge in [-0.3, -0.25) is 33.6 Å². The van der Waals surface area contributed by atoms with Crippen molar-refractivity contribution in [3.63, 3.8) is 0 Å². The smallest absolute Gasteiger partial charge is 0.244 e. The summed E-state index contributed by atoms with van der Waals surface area (Å²) in [6.45, 7) is 0.200. The highest BCUT2D eigenvalue weighted by Crippen LogP contribution is 2.33. The number of hydrogen-bond acceptors (Lipinski definition) is 8. The van der Waals surface area contributed by atoms with Gasteiger partial charge in [-0.1, -0.05) is 119 Å². The van der Waals surface area contributed by atoms with Gasteiger partial charge in [-0.15, -0.1) is 0 Å². The minimum atomic E-state index is -1.19. The monoisotopic (exact) mass is 825 g/mol. The van der Waals surface area contributed by atoms with Gasteiger partial charge in [0.25, 0.3) is 0 Å².